The van der Waals surface area contributed by atoms with E-state index >= 15 is 0 Å². The van der Waals surface area contributed by atoms with Crippen molar-refractivity contribution in [2.75, 3.05) is 19.6 Å². The van der Waals surface area contributed by atoms with E-state index in [-0.39, 0.29) is 35.6 Å². The molecule has 9 heteroatoms. The first-order valence-corrected chi connectivity index (χ1v) is 8.47. The van der Waals surface area contributed by atoms with Crippen molar-refractivity contribution in [1.29, 1.82) is 0 Å². The molecule has 1 amide bonds. The molecule has 1 aromatic carbocycles. The van der Waals surface area contributed by atoms with Crippen molar-refractivity contribution in [2.45, 2.75) is 19.1 Å². The van der Waals surface area contributed by atoms with Crippen molar-refractivity contribution in [1.82, 2.24) is 15.2 Å². The van der Waals surface area contributed by atoms with Crippen molar-refractivity contribution < 1.29 is 18.0 Å². The van der Waals surface area contributed by atoms with Crippen LogP contribution in [0.5, 0.6) is 0 Å². The van der Waals surface area contributed by atoms with Crippen LogP contribution < -0.4 is 5.32 Å². The van der Waals surface area contributed by atoms with Crippen molar-refractivity contribution in [3.05, 3.63) is 63.9 Å². The van der Waals surface area contributed by atoms with Gasteiger partial charge in [0.1, 0.15) is 5.69 Å². The lowest BCUT2D eigenvalue weighted by atomic mass is 10.0. The molecule has 1 N–H and O–H groups in total. The highest BCUT2D eigenvalue weighted by Crippen LogP contribution is 2.30. The van der Waals surface area contributed by atoms with Crippen molar-refractivity contribution in [3.8, 4) is 0 Å². The highest BCUT2D eigenvalue weighted by Gasteiger charge is 2.34. The first-order valence-electron chi connectivity index (χ1n) is 8.09. The number of nitrogens with zero attached hydrogens (tertiary/aromatic N) is 2. The number of amides is 1. The van der Waals surface area contributed by atoms with E-state index in [1.54, 1.807) is 23.1 Å². The molecule has 1 saturated heterocycles. The van der Waals surface area contributed by atoms with E-state index in [1.165, 1.54) is 13.0 Å². The second-order valence-corrected chi connectivity index (χ2v) is 6.54. The molecular formula is C18H18Cl2F3N3O. The zero-order valence-corrected chi connectivity index (χ0v) is 16.0. The number of benzene rings is 1. The second-order valence-electron chi connectivity index (χ2n) is 6.10. The third kappa shape index (κ3) is 4.72. The summed E-state index contributed by atoms with van der Waals surface area (Å²) in [5.41, 5.74) is 0.106. The summed E-state index contributed by atoms with van der Waals surface area (Å²) >= 11 is 6.05. The summed E-state index contributed by atoms with van der Waals surface area (Å²) in [5.74, 6) is -0.338. The Morgan fingerprint density at radius 2 is 2.04 bits per heavy atom. The predicted molar refractivity (Wildman–Crippen MR) is 99.3 cm³/mol. The summed E-state index contributed by atoms with van der Waals surface area (Å²) in [6.45, 7) is 3.00. The maximum absolute atomic E-state index is 13.0. The number of aromatic nitrogens is 1. The van der Waals surface area contributed by atoms with Gasteiger partial charge in [0.2, 0.25) is 0 Å². The minimum Gasteiger partial charge on any atom is -0.329 e. The normalized spacial score (nSPS) is 17.4. The van der Waals surface area contributed by atoms with Crippen LogP contribution in [0, 0.1) is 6.92 Å². The lowest BCUT2D eigenvalue weighted by molar-refractivity contribution is -0.141. The molecule has 1 aliphatic heterocycles. The van der Waals surface area contributed by atoms with E-state index in [1.807, 2.05) is 6.07 Å². The molecule has 1 atom stereocenters. The van der Waals surface area contributed by atoms with Gasteiger partial charge in [-0.1, -0.05) is 23.7 Å². The fourth-order valence-electron chi connectivity index (χ4n) is 3.06. The van der Waals surface area contributed by atoms with Crippen molar-refractivity contribution in [3.63, 3.8) is 0 Å². The van der Waals surface area contributed by atoms with E-state index in [2.05, 4.69) is 10.3 Å². The van der Waals surface area contributed by atoms with Crippen LogP contribution in [-0.2, 0) is 6.18 Å². The number of piperazine rings is 1. The average molecular weight is 420 g/mol. The molecule has 0 radical (unpaired) electrons. The minimum atomic E-state index is -4.54. The molecule has 146 valence electrons. The van der Waals surface area contributed by atoms with Crippen LogP contribution in [0.4, 0.5) is 13.2 Å². The zero-order valence-electron chi connectivity index (χ0n) is 14.4. The molecule has 1 fully saturated rings. The van der Waals surface area contributed by atoms with Gasteiger partial charge < -0.3 is 10.2 Å². The molecule has 27 heavy (non-hydrogen) atoms. The summed E-state index contributed by atoms with van der Waals surface area (Å²) in [6, 6.07) is 9.01. The lowest BCUT2D eigenvalue weighted by Crippen LogP contribution is -2.48. The summed E-state index contributed by atoms with van der Waals surface area (Å²) in [5, 5.41) is 3.79. The Kier molecular flexibility index (Phi) is 6.72. The number of nitrogens with one attached hydrogen (secondary N) is 1. The predicted octanol–water partition coefficient (Wildman–Crippen LogP) is 4.27. The molecule has 1 aliphatic rings. The number of halogens is 5. The number of rotatable bonds is 2. The number of hydrogen-bond acceptors (Lipinski definition) is 3. The van der Waals surface area contributed by atoms with Crippen LogP contribution in [-0.4, -0.2) is 35.4 Å². The van der Waals surface area contributed by atoms with Gasteiger partial charge in [-0.2, -0.15) is 13.2 Å². The number of carbonyl (C=O) groups is 1. The van der Waals surface area contributed by atoms with Crippen LogP contribution in [0.2, 0.25) is 5.02 Å². The fourth-order valence-corrected chi connectivity index (χ4v) is 3.26. The number of pyridine rings is 1. The van der Waals surface area contributed by atoms with Crippen molar-refractivity contribution in [2.24, 2.45) is 0 Å². The molecule has 2 heterocycles. The van der Waals surface area contributed by atoms with E-state index in [4.69, 9.17) is 11.6 Å². The standard InChI is InChI=1S/C18H17ClF3N3O.ClH/c1-11-14(5-6-16(24-11)18(20,21)22)17(26)25-8-7-23-10-15(25)12-3-2-4-13(19)9-12;/h2-6,9,15,23H,7-8,10H2,1H3;1H. The maximum Gasteiger partial charge on any atom is 0.433 e. The van der Waals surface area contributed by atoms with Crippen LogP contribution in [0.1, 0.15) is 33.4 Å². The monoisotopic (exact) mass is 419 g/mol. The lowest BCUT2D eigenvalue weighted by Gasteiger charge is -2.37. The highest BCUT2D eigenvalue weighted by molar-refractivity contribution is 6.30. The minimum absolute atomic E-state index is 0. The van der Waals surface area contributed by atoms with E-state index < -0.39 is 11.9 Å². The van der Waals surface area contributed by atoms with Gasteiger partial charge in [0.05, 0.1) is 17.3 Å². The molecule has 0 saturated carbocycles. The largest absolute Gasteiger partial charge is 0.433 e. The average Bonchev–Trinajstić information content (AvgIpc) is 2.60. The quantitative estimate of drug-likeness (QED) is 0.790. The molecule has 1 unspecified atom stereocenters. The Bertz CT molecular complexity index is 830. The SMILES string of the molecule is Cc1nc(C(F)(F)F)ccc1C(=O)N1CCNCC1c1cccc(Cl)c1.Cl. The van der Waals surface area contributed by atoms with E-state index in [9.17, 15) is 18.0 Å². The Labute approximate surface area is 166 Å². The van der Waals surface area contributed by atoms with Gasteiger partial charge in [-0.05, 0) is 36.8 Å². The van der Waals surface area contributed by atoms with Gasteiger partial charge >= 0.3 is 6.18 Å². The first kappa shape index (κ1) is 21.5. The molecule has 0 aliphatic carbocycles. The number of carbonyl (C=O) groups excluding carboxylic acids is 1. The van der Waals surface area contributed by atoms with Crippen molar-refractivity contribution >= 4 is 29.9 Å². The topological polar surface area (TPSA) is 45.2 Å². The van der Waals surface area contributed by atoms with Crippen LogP contribution in [0.25, 0.3) is 0 Å². The summed E-state index contributed by atoms with van der Waals surface area (Å²) < 4.78 is 38.4. The molecule has 0 spiro atoms. The Morgan fingerprint density at radius 3 is 2.67 bits per heavy atom. The van der Waals surface area contributed by atoms with Gasteiger partial charge in [-0.25, -0.2) is 4.98 Å². The van der Waals surface area contributed by atoms with E-state index in [0.29, 0.717) is 24.7 Å². The second kappa shape index (κ2) is 8.46. The summed E-state index contributed by atoms with van der Waals surface area (Å²) in [6.07, 6.45) is -4.54. The van der Waals surface area contributed by atoms with Gasteiger partial charge in [0.15, 0.2) is 0 Å². The third-order valence-corrected chi connectivity index (χ3v) is 4.58. The molecule has 2 aromatic rings. The summed E-state index contributed by atoms with van der Waals surface area (Å²) in [4.78, 5) is 18.2. The third-order valence-electron chi connectivity index (χ3n) is 4.34. The molecule has 0 bridgehead atoms. The highest BCUT2D eigenvalue weighted by atomic mass is 35.5. The van der Waals surface area contributed by atoms with Gasteiger partial charge in [0.25, 0.3) is 5.91 Å². The smallest absolute Gasteiger partial charge is 0.329 e. The number of aryl methyl sites for hydroxylation is 1. The number of alkyl halides is 3. The maximum atomic E-state index is 13.0. The Hall–Kier alpha value is -1.83. The molecular weight excluding hydrogens is 402 g/mol. The van der Waals surface area contributed by atoms with E-state index in [0.717, 1.165) is 11.6 Å². The van der Waals surface area contributed by atoms with Crippen LogP contribution in [0.3, 0.4) is 0 Å². The first-order chi connectivity index (χ1) is 12.3. The zero-order chi connectivity index (χ0) is 18.9. The number of hydrogen-bond donors (Lipinski definition) is 1. The van der Waals surface area contributed by atoms with Gasteiger partial charge in [0, 0.05) is 24.7 Å². The molecule has 3 rings (SSSR count). The molecule has 1 aromatic heterocycles. The summed E-state index contributed by atoms with van der Waals surface area (Å²) in [7, 11) is 0. The van der Waals surface area contributed by atoms with Gasteiger partial charge in [-0.3, -0.25) is 4.79 Å². The van der Waals surface area contributed by atoms with Crippen LogP contribution >= 0.6 is 24.0 Å². The fraction of sp³-hybridized carbons (Fsp3) is 0.333. The Balaban J connectivity index is 0.00000261. The van der Waals surface area contributed by atoms with Gasteiger partial charge in [-0.15, -0.1) is 12.4 Å². The Morgan fingerprint density at radius 1 is 1.30 bits per heavy atom. The van der Waals surface area contributed by atoms with Crippen LogP contribution in [0.15, 0.2) is 36.4 Å². The molecule has 4 nitrogen and oxygen atoms in total.